The third kappa shape index (κ3) is 3.45. The summed E-state index contributed by atoms with van der Waals surface area (Å²) in [5.74, 6) is 1.05. The monoisotopic (exact) mass is 253 g/mol. The summed E-state index contributed by atoms with van der Waals surface area (Å²) in [6, 6.07) is 0.952. The molecule has 2 aliphatic heterocycles. The van der Waals surface area contributed by atoms with Crippen LogP contribution in [0.2, 0.25) is 0 Å². The van der Waals surface area contributed by atoms with Gasteiger partial charge in [-0.25, -0.2) is 0 Å². The van der Waals surface area contributed by atoms with E-state index in [0.29, 0.717) is 18.0 Å². The molecular formula is C14H27N3O. The zero-order chi connectivity index (χ0) is 13.1. The van der Waals surface area contributed by atoms with E-state index in [1.54, 1.807) is 0 Å². The van der Waals surface area contributed by atoms with Crippen molar-refractivity contribution in [1.82, 2.24) is 15.5 Å². The quantitative estimate of drug-likeness (QED) is 0.766. The van der Waals surface area contributed by atoms with E-state index in [4.69, 9.17) is 0 Å². The van der Waals surface area contributed by atoms with Gasteiger partial charge in [0.1, 0.15) is 0 Å². The van der Waals surface area contributed by atoms with Gasteiger partial charge >= 0.3 is 0 Å². The zero-order valence-electron chi connectivity index (χ0n) is 11.9. The van der Waals surface area contributed by atoms with Gasteiger partial charge in [-0.05, 0) is 45.7 Å². The van der Waals surface area contributed by atoms with Crippen LogP contribution in [-0.4, -0.2) is 49.6 Å². The van der Waals surface area contributed by atoms with Crippen LogP contribution in [0.25, 0.3) is 0 Å². The molecular weight excluding hydrogens is 226 g/mol. The van der Waals surface area contributed by atoms with Crippen molar-refractivity contribution in [3.8, 4) is 0 Å². The molecule has 1 amide bonds. The number of hydrogen-bond acceptors (Lipinski definition) is 3. The highest BCUT2D eigenvalue weighted by Crippen LogP contribution is 2.19. The summed E-state index contributed by atoms with van der Waals surface area (Å²) in [7, 11) is 2.16. The molecule has 2 aliphatic rings. The predicted molar refractivity (Wildman–Crippen MR) is 73.4 cm³/mol. The number of likely N-dealkylation sites (tertiary alicyclic amines) is 1. The molecule has 4 nitrogen and oxygen atoms in total. The molecule has 2 heterocycles. The number of nitrogens with one attached hydrogen (secondary N) is 2. The van der Waals surface area contributed by atoms with E-state index in [1.807, 2.05) is 0 Å². The number of carbonyl (C=O) groups is 1. The molecule has 18 heavy (non-hydrogen) atoms. The first-order valence-electron chi connectivity index (χ1n) is 7.27. The van der Waals surface area contributed by atoms with E-state index in [1.165, 1.54) is 0 Å². The maximum absolute atomic E-state index is 12.2. The fourth-order valence-electron chi connectivity index (χ4n) is 3.10. The summed E-state index contributed by atoms with van der Waals surface area (Å²) in [5.41, 5.74) is 0. The van der Waals surface area contributed by atoms with Crippen molar-refractivity contribution in [1.29, 1.82) is 0 Å². The van der Waals surface area contributed by atoms with Gasteiger partial charge in [0.25, 0.3) is 0 Å². The molecule has 0 radical (unpaired) electrons. The predicted octanol–water partition coefficient (Wildman–Crippen LogP) is 0.831. The third-order valence-electron chi connectivity index (χ3n) is 4.50. The van der Waals surface area contributed by atoms with Gasteiger partial charge in [0, 0.05) is 25.2 Å². The Morgan fingerprint density at radius 2 is 2.06 bits per heavy atom. The molecule has 4 heteroatoms. The van der Waals surface area contributed by atoms with E-state index in [-0.39, 0.29) is 11.8 Å². The molecule has 0 aromatic carbocycles. The van der Waals surface area contributed by atoms with Crippen molar-refractivity contribution < 1.29 is 4.79 Å². The van der Waals surface area contributed by atoms with Gasteiger partial charge in [-0.1, -0.05) is 6.92 Å². The Bertz CT molecular complexity index is 295. The van der Waals surface area contributed by atoms with Gasteiger partial charge in [-0.15, -0.1) is 0 Å². The van der Waals surface area contributed by atoms with Crippen molar-refractivity contribution in [2.45, 2.75) is 45.2 Å². The first-order chi connectivity index (χ1) is 8.56. The van der Waals surface area contributed by atoms with E-state index in [2.05, 4.69) is 36.4 Å². The molecule has 4 atom stereocenters. The average molecular weight is 253 g/mol. The van der Waals surface area contributed by atoms with Crippen LogP contribution in [0.3, 0.4) is 0 Å². The second-order valence-corrected chi connectivity index (χ2v) is 6.26. The van der Waals surface area contributed by atoms with Gasteiger partial charge in [0.15, 0.2) is 0 Å². The topological polar surface area (TPSA) is 44.4 Å². The molecule has 0 aromatic heterocycles. The zero-order valence-corrected chi connectivity index (χ0v) is 11.9. The Kier molecular flexibility index (Phi) is 4.62. The van der Waals surface area contributed by atoms with E-state index in [9.17, 15) is 4.79 Å². The van der Waals surface area contributed by atoms with Crippen LogP contribution < -0.4 is 10.6 Å². The molecule has 104 valence electrons. The van der Waals surface area contributed by atoms with Crippen LogP contribution in [0.1, 0.15) is 33.1 Å². The SMILES string of the molecule is CC1CNCC(C(=O)NC2CCN(C)C(C)C2)C1. The highest BCUT2D eigenvalue weighted by Gasteiger charge is 2.29. The molecule has 2 fully saturated rings. The summed E-state index contributed by atoms with van der Waals surface area (Å²) in [6.07, 6.45) is 3.20. The van der Waals surface area contributed by atoms with Crippen LogP contribution in [0.15, 0.2) is 0 Å². The third-order valence-corrected chi connectivity index (χ3v) is 4.50. The first kappa shape index (κ1) is 13.8. The summed E-state index contributed by atoms with van der Waals surface area (Å²) >= 11 is 0. The Hall–Kier alpha value is -0.610. The standard InChI is InChI=1S/C14H27N3O/c1-10-6-12(9-15-8-10)14(18)16-13-4-5-17(3)11(2)7-13/h10-13,15H,4-9H2,1-3H3,(H,16,18). The summed E-state index contributed by atoms with van der Waals surface area (Å²) in [5, 5.41) is 6.60. The largest absolute Gasteiger partial charge is 0.353 e. The lowest BCUT2D eigenvalue weighted by Crippen LogP contribution is -2.51. The normalized spacial score (nSPS) is 38.4. The minimum absolute atomic E-state index is 0.170. The molecule has 0 bridgehead atoms. The van der Waals surface area contributed by atoms with Crippen LogP contribution in [0.5, 0.6) is 0 Å². The number of amides is 1. The first-order valence-corrected chi connectivity index (χ1v) is 7.27. The molecule has 2 saturated heterocycles. The highest BCUT2D eigenvalue weighted by atomic mass is 16.2. The number of carbonyl (C=O) groups excluding carboxylic acids is 1. The Morgan fingerprint density at radius 3 is 2.72 bits per heavy atom. The lowest BCUT2D eigenvalue weighted by atomic mass is 9.90. The van der Waals surface area contributed by atoms with Gasteiger partial charge in [0.05, 0.1) is 5.92 Å². The van der Waals surface area contributed by atoms with E-state index in [0.717, 1.165) is 38.9 Å². The number of piperidine rings is 2. The van der Waals surface area contributed by atoms with Crippen molar-refractivity contribution in [3.63, 3.8) is 0 Å². The van der Waals surface area contributed by atoms with Crippen LogP contribution in [0.4, 0.5) is 0 Å². The minimum Gasteiger partial charge on any atom is -0.353 e. The van der Waals surface area contributed by atoms with Gasteiger partial charge in [0.2, 0.25) is 5.91 Å². The second-order valence-electron chi connectivity index (χ2n) is 6.26. The Morgan fingerprint density at radius 1 is 1.28 bits per heavy atom. The lowest BCUT2D eigenvalue weighted by Gasteiger charge is -2.36. The van der Waals surface area contributed by atoms with Crippen LogP contribution in [-0.2, 0) is 4.79 Å². The minimum atomic E-state index is 0.170. The molecule has 0 spiro atoms. The van der Waals surface area contributed by atoms with E-state index >= 15 is 0 Å². The van der Waals surface area contributed by atoms with Crippen molar-refractivity contribution in [2.24, 2.45) is 11.8 Å². The second kappa shape index (κ2) is 6.02. The van der Waals surface area contributed by atoms with Gasteiger partial charge in [-0.3, -0.25) is 4.79 Å². The summed E-state index contributed by atoms with van der Waals surface area (Å²) in [6.45, 7) is 7.44. The fraction of sp³-hybridized carbons (Fsp3) is 0.929. The lowest BCUT2D eigenvalue weighted by molar-refractivity contribution is -0.127. The smallest absolute Gasteiger partial charge is 0.224 e. The summed E-state index contributed by atoms with van der Waals surface area (Å²) in [4.78, 5) is 14.6. The van der Waals surface area contributed by atoms with E-state index < -0.39 is 0 Å². The molecule has 4 unspecified atom stereocenters. The maximum atomic E-state index is 12.2. The molecule has 0 saturated carbocycles. The molecule has 2 N–H and O–H groups in total. The van der Waals surface area contributed by atoms with Crippen LogP contribution >= 0.6 is 0 Å². The van der Waals surface area contributed by atoms with Gasteiger partial charge < -0.3 is 15.5 Å². The van der Waals surface area contributed by atoms with Crippen LogP contribution in [0, 0.1) is 11.8 Å². The maximum Gasteiger partial charge on any atom is 0.224 e. The van der Waals surface area contributed by atoms with Crippen molar-refractivity contribution in [3.05, 3.63) is 0 Å². The fourth-order valence-corrected chi connectivity index (χ4v) is 3.10. The average Bonchev–Trinajstić information content (AvgIpc) is 2.34. The van der Waals surface area contributed by atoms with Crippen molar-refractivity contribution in [2.75, 3.05) is 26.7 Å². The number of hydrogen-bond donors (Lipinski definition) is 2. The molecule has 2 rings (SSSR count). The van der Waals surface area contributed by atoms with Gasteiger partial charge in [-0.2, -0.15) is 0 Å². The number of nitrogens with zero attached hydrogens (tertiary/aromatic N) is 1. The molecule has 0 aromatic rings. The summed E-state index contributed by atoms with van der Waals surface area (Å²) < 4.78 is 0. The van der Waals surface area contributed by atoms with Crippen molar-refractivity contribution >= 4 is 5.91 Å². The highest BCUT2D eigenvalue weighted by molar-refractivity contribution is 5.79. The Balaban J connectivity index is 1.80. The number of rotatable bonds is 2. The Labute approximate surface area is 110 Å². The molecule has 0 aliphatic carbocycles.